The first-order valence-electron chi connectivity index (χ1n) is 7.04. The second kappa shape index (κ2) is 6.38. The van der Waals surface area contributed by atoms with Gasteiger partial charge in [0.1, 0.15) is 6.54 Å². The van der Waals surface area contributed by atoms with Crippen molar-refractivity contribution in [3.63, 3.8) is 0 Å². The number of hydrogen-bond donors (Lipinski definition) is 0. The number of amides is 5. The number of carbonyl (C=O) groups excluding carboxylic acids is 4. The van der Waals surface area contributed by atoms with Gasteiger partial charge in [-0.05, 0) is 26.0 Å². The third-order valence-electron chi connectivity index (χ3n) is 3.43. The van der Waals surface area contributed by atoms with E-state index in [1.54, 1.807) is 38.1 Å². The molecule has 0 saturated carbocycles. The largest absolute Gasteiger partial charge is 0.334 e. The summed E-state index contributed by atoms with van der Waals surface area (Å²) in [5.41, 5.74) is 0.674. The number of carbonyl (C=O) groups is 4. The van der Waals surface area contributed by atoms with Gasteiger partial charge in [0.2, 0.25) is 5.91 Å². The second-order valence-corrected chi connectivity index (χ2v) is 4.70. The third kappa shape index (κ3) is 2.69. The Morgan fingerprint density at radius 2 is 1.59 bits per heavy atom. The Bertz CT molecular complexity index is 614. The molecule has 0 bridgehead atoms. The second-order valence-electron chi connectivity index (χ2n) is 4.70. The van der Waals surface area contributed by atoms with Crippen LogP contribution in [0.2, 0.25) is 0 Å². The van der Waals surface area contributed by atoms with Gasteiger partial charge in [0.25, 0.3) is 0 Å². The Balaban J connectivity index is 2.16. The Kier molecular flexibility index (Phi) is 4.55. The van der Waals surface area contributed by atoms with Crippen molar-refractivity contribution in [3.8, 4) is 0 Å². The van der Waals surface area contributed by atoms with E-state index < -0.39 is 30.3 Å². The van der Waals surface area contributed by atoms with Gasteiger partial charge in [-0.25, -0.2) is 9.69 Å². The van der Waals surface area contributed by atoms with Crippen LogP contribution in [-0.2, 0) is 14.4 Å². The molecule has 1 aromatic rings. The normalized spacial score (nSPS) is 14.7. The van der Waals surface area contributed by atoms with Crippen molar-refractivity contribution in [1.29, 1.82) is 0 Å². The summed E-state index contributed by atoms with van der Waals surface area (Å²) in [5, 5.41) is 0. The van der Waals surface area contributed by atoms with E-state index in [4.69, 9.17) is 0 Å². The predicted octanol–water partition coefficient (Wildman–Crippen LogP) is 0.850. The molecule has 0 aliphatic carbocycles. The van der Waals surface area contributed by atoms with E-state index in [1.807, 2.05) is 6.07 Å². The van der Waals surface area contributed by atoms with E-state index in [-0.39, 0.29) is 6.54 Å². The van der Waals surface area contributed by atoms with Gasteiger partial charge in [-0.15, -0.1) is 0 Å². The molecule has 22 heavy (non-hydrogen) atoms. The van der Waals surface area contributed by atoms with Crippen LogP contribution < -0.4 is 4.90 Å². The van der Waals surface area contributed by atoms with E-state index >= 15 is 0 Å². The first kappa shape index (κ1) is 15.7. The van der Waals surface area contributed by atoms with E-state index in [0.29, 0.717) is 17.1 Å². The van der Waals surface area contributed by atoms with Gasteiger partial charge in [0, 0.05) is 18.8 Å². The highest BCUT2D eigenvalue weighted by Gasteiger charge is 2.44. The zero-order valence-electron chi connectivity index (χ0n) is 12.5. The molecule has 1 fully saturated rings. The molecule has 116 valence electrons. The Morgan fingerprint density at radius 3 is 2.09 bits per heavy atom. The van der Waals surface area contributed by atoms with Crippen LogP contribution in [0.25, 0.3) is 0 Å². The topological polar surface area (TPSA) is 78.0 Å². The summed E-state index contributed by atoms with van der Waals surface area (Å²) in [5.74, 6) is -2.26. The fraction of sp³-hybridized carbons (Fsp3) is 0.333. The molecule has 0 N–H and O–H groups in total. The summed E-state index contributed by atoms with van der Waals surface area (Å²) in [7, 11) is 0. The van der Waals surface area contributed by atoms with E-state index in [9.17, 15) is 19.2 Å². The molecule has 0 aromatic heterocycles. The molecule has 7 heteroatoms. The Hall–Kier alpha value is -2.70. The van der Waals surface area contributed by atoms with Crippen molar-refractivity contribution < 1.29 is 19.2 Å². The molecule has 0 spiro atoms. The maximum absolute atomic E-state index is 12.4. The van der Waals surface area contributed by atoms with Crippen molar-refractivity contribution in [2.75, 3.05) is 24.5 Å². The molecule has 2 rings (SSSR count). The number of imide groups is 2. The highest BCUT2D eigenvalue weighted by atomic mass is 16.2. The first-order valence-corrected chi connectivity index (χ1v) is 7.04. The molecule has 1 aromatic carbocycles. The van der Waals surface area contributed by atoms with Crippen LogP contribution in [0.3, 0.4) is 0 Å². The van der Waals surface area contributed by atoms with Crippen LogP contribution in [0.4, 0.5) is 10.5 Å². The molecule has 1 aliphatic rings. The van der Waals surface area contributed by atoms with Crippen LogP contribution in [0, 0.1) is 0 Å². The standard InChI is InChI=1S/C15H17N3O4/c1-3-16(11-8-6-5-7-9-11)12(19)10-18-14(21)13(20)17(4-2)15(18)22/h5-9H,3-4,10H2,1-2H3. The van der Waals surface area contributed by atoms with Crippen molar-refractivity contribution in [2.45, 2.75) is 13.8 Å². The Labute approximate surface area is 128 Å². The summed E-state index contributed by atoms with van der Waals surface area (Å²) >= 11 is 0. The van der Waals surface area contributed by atoms with Crippen molar-refractivity contribution in [3.05, 3.63) is 30.3 Å². The van der Waals surface area contributed by atoms with Gasteiger partial charge >= 0.3 is 17.8 Å². The molecule has 0 atom stereocenters. The number of hydrogen-bond acceptors (Lipinski definition) is 4. The lowest BCUT2D eigenvalue weighted by molar-refractivity contribution is -0.143. The monoisotopic (exact) mass is 303 g/mol. The number of benzene rings is 1. The number of anilines is 1. The van der Waals surface area contributed by atoms with Gasteiger partial charge < -0.3 is 4.90 Å². The molecular formula is C15H17N3O4. The Morgan fingerprint density at radius 1 is 1.00 bits per heavy atom. The molecule has 5 amide bonds. The highest BCUT2D eigenvalue weighted by molar-refractivity contribution is 6.45. The van der Waals surface area contributed by atoms with Crippen LogP contribution in [0.1, 0.15) is 13.8 Å². The third-order valence-corrected chi connectivity index (χ3v) is 3.43. The number of rotatable bonds is 5. The predicted molar refractivity (Wildman–Crippen MR) is 79.0 cm³/mol. The van der Waals surface area contributed by atoms with E-state index in [2.05, 4.69) is 0 Å². The van der Waals surface area contributed by atoms with Crippen molar-refractivity contribution >= 4 is 29.4 Å². The zero-order valence-corrected chi connectivity index (χ0v) is 12.5. The first-order chi connectivity index (χ1) is 10.5. The summed E-state index contributed by atoms with van der Waals surface area (Å²) in [6.45, 7) is 3.44. The lowest BCUT2D eigenvalue weighted by Gasteiger charge is -2.23. The molecule has 0 unspecified atom stereocenters. The lowest BCUT2D eigenvalue weighted by atomic mass is 10.3. The number of urea groups is 1. The van der Waals surface area contributed by atoms with Crippen molar-refractivity contribution in [2.24, 2.45) is 0 Å². The van der Waals surface area contributed by atoms with Gasteiger partial charge in [-0.1, -0.05) is 18.2 Å². The van der Waals surface area contributed by atoms with Crippen LogP contribution in [0.15, 0.2) is 30.3 Å². The fourth-order valence-corrected chi connectivity index (χ4v) is 2.30. The fourth-order valence-electron chi connectivity index (χ4n) is 2.30. The number of likely N-dealkylation sites (N-methyl/N-ethyl adjacent to an activating group) is 2. The molecular weight excluding hydrogens is 286 g/mol. The summed E-state index contributed by atoms with van der Waals surface area (Å²) < 4.78 is 0. The average molecular weight is 303 g/mol. The minimum absolute atomic E-state index is 0.101. The zero-order chi connectivity index (χ0) is 16.3. The van der Waals surface area contributed by atoms with Gasteiger partial charge in [-0.3, -0.25) is 19.3 Å². The maximum atomic E-state index is 12.4. The number of nitrogens with zero attached hydrogens (tertiary/aromatic N) is 3. The van der Waals surface area contributed by atoms with Crippen LogP contribution in [-0.4, -0.2) is 53.2 Å². The summed E-state index contributed by atoms with van der Waals surface area (Å²) in [6.07, 6.45) is 0. The van der Waals surface area contributed by atoms with Gasteiger partial charge in [0.15, 0.2) is 0 Å². The van der Waals surface area contributed by atoms with E-state index in [0.717, 1.165) is 4.90 Å². The molecule has 7 nitrogen and oxygen atoms in total. The minimum Gasteiger partial charge on any atom is -0.311 e. The van der Waals surface area contributed by atoms with Crippen molar-refractivity contribution in [1.82, 2.24) is 9.80 Å². The summed E-state index contributed by atoms with van der Waals surface area (Å²) in [4.78, 5) is 50.8. The lowest BCUT2D eigenvalue weighted by Crippen LogP contribution is -2.43. The van der Waals surface area contributed by atoms with Crippen LogP contribution in [0.5, 0.6) is 0 Å². The summed E-state index contributed by atoms with van der Waals surface area (Å²) in [6, 6.07) is 8.19. The van der Waals surface area contributed by atoms with E-state index in [1.165, 1.54) is 4.90 Å². The molecule has 0 radical (unpaired) electrons. The quantitative estimate of drug-likeness (QED) is 0.597. The SMILES string of the molecule is CCN1C(=O)C(=O)N(CC(=O)N(CC)c2ccccc2)C1=O. The molecule has 1 heterocycles. The highest BCUT2D eigenvalue weighted by Crippen LogP contribution is 2.16. The number of para-hydroxylation sites is 1. The maximum Gasteiger partial charge on any atom is 0.334 e. The van der Waals surface area contributed by atoms with Gasteiger partial charge in [0.05, 0.1) is 0 Å². The average Bonchev–Trinajstić information content (AvgIpc) is 2.72. The van der Waals surface area contributed by atoms with Crippen LogP contribution >= 0.6 is 0 Å². The molecule has 1 aliphatic heterocycles. The smallest absolute Gasteiger partial charge is 0.311 e. The minimum atomic E-state index is -0.954. The van der Waals surface area contributed by atoms with Gasteiger partial charge in [-0.2, -0.15) is 0 Å². The molecule has 1 saturated heterocycles.